The van der Waals surface area contributed by atoms with Crippen LogP contribution in [0.15, 0.2) is 24.5 Å². The number of nitrogens with one attached hydrogen (secondary N) is 1. The van der Waals surface area contributed by atoms with Crippen molar-refractivity contribution in [3.05, 3.63) is 30.2 Å². The SMILES string of the molecule is CN1C[C@@H]2C(C(=O)NC(C)(C)c3cnc4cccnn34)[C@@H]2C1. The Balaban J connectivity index is 1.53. The van der Waals surface area contributed by atoms with E-state index in [1.54, 1.807) is 16.9 Å². The summed E-state index contributed by atoms with van der Waals surface area (Å²) >= 11 is 0. The van der Waals surface area contributed by atoms with Crippen molar-refractivity contribution < 1.29 is 4.79 Å². The van der Waals surface area contributed by atoms with Crippen molar-refractivity contribution in [2.45, 2.75) is 19.4 Å². The van der Waals surface area contributed by atoms with E-state index in [9.17, 15) is 4.79 Å². The third-order valence-electron chi connectivity index (χ3n) is 5.03. The molecule has 6 nitrogen and oxygen atoms in total. The number of rotatable bonds is 3. The van der Waals surface area contributed by atoms with Crippen molar-refractivity contribution in [3.8, 4) is 0 Å². The van der Waals surface area contributed by atoms with Crippen molar-refractivity contribution in [1.29, 1.82) is 0 Å². The highest BCUT2D eigenvalue weighted by Gasteiger charge is 2.59. The zero-order valence-corrected chi connectivity index (χ0v) is 13.2. The fraction of sp³-hybridized carbons (Fsp3) is 0.562. The number of piperidine rings is 1. The average Bonchev–Trinajstić information content (AvgIpc) is 2.84. The second kappa shape index (κ2) is 4.52. The van der Waals surface area contributed by atoms with Crippen LogP contribution in [0.2, 0.25) is 0 Å². The summed E-state index contributed by atoms with van der Waals surface area (Å²) in [6.45, 7) is 6.10. The van der Waals surface area contributed by atoms with Gasteiger partial charge in [0, 0.05) is 25.2 Å². The van der Waals surface area contributed by atoms with E-state index < -0.39 is 5.54 Å². The molecule has 0 radical (unpaired) electrons. The summed E-state index contributed by atoms with van der Waals surface area (Å²) in [4.78, 5) is 19.3. The summed E-state index contributed by atoms with van der Waals surface area (Å²) in [5, 5.41) is 7.54. The molecule has 1 aliphatic carbocycles. The molecule has 3 atom stereocenters. The molecular formula is C16H21N5O. The first-order valence-corrected chi connectivity index (χ1v) is 7.77. The second-order valence-electron chi connectivity index (χ2n) is 7.13. The van der Waals surface area contributed by atoms with Crippen molar-refractivity contribution in [2.75, 3.05) is 20.1 Å². The number of amides is 1. The van der Waals surface area contributed by atoms with Gasteiger partial charge >= 0.3 is 0 Å². The first-order chi connectivity index (χ1) is 10.5. The van der Waals surface area contributed by atoms with Crippen molar-refractivity contribution in [1.82, 2.24) is 24.8 Å². The predicted octanol–water partition coefficient (Wildman–Crippen LogP) is 0.888. The third-order valence-corrected chi connectivity index (χ3v) is 5.03. The number of fused-ring (bicyclic) bond motifs is 2. The molecule has 22 heavy (non-hydrogen) atoms. The Labute approximate surface area is 129 Å². The number of carbonyl (C=O) groups excluding carboxylic acids is 1. The number of nitrogens with zero attached hydrogens (tertiary/aromatic N) is 4. The molecule has 2 aliphatic rings. The largest absolute Gasteiger partial charge is 0.345 e. The fourth-order valence-corrected chi connectivity index (χ4v) is 3.84. The van der Waals surface area contributed by atoms with Crippen LogP contribution in [-0.4, -0.2) is 45.5 Å². The molecule has 1 saturated carbocycles. The van der Waals surface area contributed by atoms with Crippen LogP contribution in [0.5, 0.6) is 0 Å². The van der Waals surface area contributed by atoms with Crippen LogP contribution in [0.1, 0.15) is 19.5 Å². The molecule has 1 amide bonds. The van der Waals surface area contributed by atoms with Gasteiger partial charge < -0.3 is 10.2 Å². The second-order valence-corrected chi connectivity index (χ2v) is 7.13. The predicted molar refractivity (Wildman–Crippen MR) is 82.1 cm³/mol. The molecule has 1 N–H and O–H groups in total. The van der Waals surface area contributed by atoms with E-state index in [2.05, 4.69) is 27.3 Å². The van der Waals surface area contributed by atoms with Gasteiger partial charge in [-0.05, 0) is 44.9 Å². The normalized spacial score (nSPS) is 27.9. The Morgan fingerprint density at radius 1 is 1.36 bits per heavy atom. The van der Waals surface area contributed by atoms with Gasteiger partial charge in [-0.1, -0.05) is 0 Å². The van der Waals surface area contributed by atoms with Crippen LogP contribution < -0.4 is 5.32 Å². The van der Waals surface area contributed by atoms with E-state index in [4.69, 9.17) is 0 Å². The summed E-state index contributed by atoms with van der Waals surface area (Å²) in [6.07, 6.45) is 3.53. The highest BCUT2D eigenvalue weighted by atomic mass is 16.2. The average molecular weight is 299 g/mol. The van der Waals surface area contributed by atoms with E-state index in [-0.39, 0.29) is 11.8 Å². The lowest BCUT2D eigenvalue weighted by atomic mass is 10.0. The third kappa shape index (κ3) is 2.01. The summed E-state index contributed by atoms with van der Waals surface area (Å²) in [5.41, 5.74) is 1.21. The molecule has 0 bridgehead atoms. The monoisotopic (exact) mass is 299 g/mol. The molecule has 3 heterocycles. The van der Waals surface area contributed by atoms with Crippen molar-refractivity contribution >= 4 is 11.6 Å². The lowest BCUT2D eigenvalue weighted by molar-refractivity contribution is -0.125. The van der Waals surface area contributed by atoms with Crippen LogP contribution in [0, 0.1) is 17.8 Å². The zero-order valence-electron chi connectivity index (χ0n) is 13.2. The van der Waals surface area contributed by atoms with Gasteiger partial charge in [0.05, 0.1) is 17.4 Å². The molecule has 2 aromatic heterocycles. The standard InChI is InChI=1S/C16H21N5O/c1-16(2,12-7-17-13-5-4-6-18-21(12)13)19-15(22)14-10-8-20(3)9-11(10)14/h4-7,10-11,14H,8-9H2,1-3H3,(H,19,22)/t10-,11+,14?. The molecule has 1 aliphatic heterocycles. The highest BCUT2D eigenvalue weighted by Crippen LogP contribution is 2.51. The van der Waals surface area contributed by atoms with E-state index in [0.29, 0.717) is 11.8 Å². The van der Waals surface area contributed by atoms with E-state index >= 15 is 0 Å². The molecule has 116 valence electrons. The quantitative estimate of drug-likeness (QED) is 0.914. The maximum atomic E-state index is 12.6. The van der Waals surface area contributed by atoms with Gasteiger partial charge in [-0.3, -0.25) is 4.79 Å². The Kier molecular flexibility index (Phi) is 2.81. The van der Waals surface area contributed by atoms with Crippen LogP contribution in [0.4, 0.5) is 0 Å². The minimum atomic E-state index is -0.492. The van der Waals surface area contributed by atoms with Crippen LogP contribution >= 0.6 is 0 Å². The lowest BCUT2D eigenvalue weighted by Crippen LogP contribution is -2.44. The maximum absolute atomic E-state index is 12.6. The fourth-order valence-electron chi connectivity index (χ4n) is 3.84. The highest BCUT2D eigenvalue weighted by molar-refractivity contribution is 5.83. The Morgan fingerprint density at radius 3 is 2.82 bits per heavy atom. The molecule has 6 heteroatoms. The van der Waals surface area contributed by atoms with Crippen LogP contribution in [0.3, 0.4) is 0 Å². The van der Waals surface area contributed by atoms with Gasteiger partial charge in [0.15, 0.2) is 5.65 Å². The van der Waals surface area contributed by atoms with Gasteiger partial charge in [0.25, 0.3) is 0 Å². The number of carbonyl (C=O) groups is 1. The van der Waals surface area contributed by atoms with Gasteiger partial charge in [0.1, 0.15) is 0 Å². The molecule has 1 saturated heterocycles. The minimum absolute atomic E-state index is 0.166. The first-order valence-electron chi connectivity index (χ1n) is 7.77. The molecule has 0 spiro atoms. The lowest BCUT2D eigenvalue weighted by Gasteiger charge is -2.26. The van der Waals surface area contributed by atoms with Crippen LogP contribution in [-0.2, 0) is 10.3 Å². The summed E-state index contributed by atoms with van der Waals surface area (Å²) in [5.74, 6) is 1.43. The van der Waals surface area contributed by atoms with Crippen LogP contribution in [0.25, 0.3) is 5.65 Å². The number of aromatic nitrogens is 3. The van der Waals surface area contributed by atoms with Crippen molar-refractivity contribution in [3.63, 3.8) is 0 Å². The number of hydrogen-bond acceptors (Lipinski definition) is 4. The Morgan fingerprint density at radius 2 is 2.09 bits per heavy atom. The van der Waals surface area contributed by atoms with Gasteiger partial charge in [-0.25, -0.2) is 9.50 Å². The van der Waals surface area contributed by atoms with Crippen molar-refractivity contribution in [2.24, 2.45) is 17.8 Å². The molecular weight excluding hydrogens is 278 g/mol. The Hall–Kier alpha value is -1.95. The number of likely N-dealkylation sites (tertiary alicyclic amines) is 1. The van der Waals surface area contributed by atoms with Gasteiger partial charge in [0.2, 0.25) is 5.91 Å². The van der Waals surface area contributed by atoms with E-state index in [1.807, 2.05) is 26.0 Å². The van der Waals surface area contributed by atoms with E-state index in [0.717, 1.165) is 24.4 Å². The smallest absolute Gasteiger partial charge is 0.224 e. The molecule has 2 aromatic rings. The Bertz CT molecular complexity index is 725. The number of hydrogen-bond donors (Lipinski definition) is 1. The molecule has 0 aromatic carbocycles. The summed E-state index contributed by atoms with van der Waals surface area (Å²) < 4.78 is 1.79. The first kappa shape index (κ1) is 13.7. The molecule has 4 rings (SSSR count). The molecule has 1 unspecified atom stereocenters. The minimum Gasteiger partial charge on any atom is -0.345 e. The van der Waals surface area contributed by atoms with Gasteiger partial charge in [-0.15, -0.1) is 0 Å². The summed E-state index contributed by atoms with van der Waals surface area (Å²) in [7, 11) is 2.12. The number of imidazole rings is 1. The topological polar surface area (TPSA) is 62.5 Å². The summed E-state index contributed by atoms with van der Waals surface area (Å²) in [6, 6.07) is 3.77. The van der Waals surface area contributed by atoms with E-state index in [1.165, 1.54) is 0 Å². The van der Waals surface area contributed by atoms with Gasteiger partial charge in [-0.2, -0.15) is 5.10 Å². The zero-order chi connectivity index (χ0) is 15.5. The molecule has 2 fully saturated rings. The maximum Gasteiger partial charge on any atom is 0.224 e.